The number of nitrogen functional groups attached to an aromatic ring is 1. The Morgan fingerprint density at radius 1 is 1.14 bits per heavy atom. The molecule has 1 fully saturated rings. The van der Waals surface area contributed by atoms with E-state index in [0.717, 1.165) is 66.3 Å². The number of hydrogen-bond donors (Lipinski definition) is 3. The number of hydrazine groups is 1. The molecule has 2 aliphatic carbocycles. The van der Waals surface area contributed by atoms with E-state index < -0.39 is 11.9 Å². The summed E-state index contributed by atoms with van der Waals surface area (Å²) in [6.45, 7) is 2.08. The Hall–Kier alpha value is -3.26. The summed E-state index contributed by atoms with van der Waals surface area (Å²) in [4.78, 5) is 27.4. The van der Waals surface area contributed by atoms with Gasteiger partial charge >= 0.3 is 5.97 Å². The molecule has 0 aliphatic heterocycles. The van der Waals surface area contributed by atoms with Crippen LogP contribution in [0, 0.1) is 12.8 Å². The van der Waals surface area contributed by atoms with Gasteiger partial charge < -0.3 is 25.5 Å². The maximum atomic E-state index is 13.4. The number of carbonyl (C=O) groups excluding carboxylic acids is 1. The van der Waals surface area contributed by atoms with Gasteiger partial charge in [0.25, 0.3) is 0 Å². The van der Waals surface area contributed by atoms with Crippen LogP contribution in [0.25, 0.3) is 0 Å². The van der Waals surface area contributed by atoms with Crippen LogP contribution in [-0.4, -0.2) is 43.1 Å². The third-order valence-electron chi connectivity index (χ3n) is 8.24. The topological polar surface area (TPSA) is 122 Å². The quantitative estimate of drug-likeness (QED) is 0.272. The lowest BCUT2D eigenvalue weighted by atomic mass is 9.82. The molecule has 8 nitrogen and oxygen atoms in total. The normalized spacial score (nSPS) is 18.2. The molecular weight excluding hydrogens is 468 g/mol. The summed E-state index contributed by atoms with van der Waals surface area (Å²) >= 11 is 0. The molecule has 0 saturated heterocycles. The van der Waals surface area contributed by atoms with E-state index in [4.69, 9.17) is 16.3 Å². The van der Waals surface area contributed by atoms with Gasteiger partial charge in [-0.1, -0.05) is 31.4 Å². The predicted octanol–water partition coefficient (Wildman–Crippen LogP) is 4.53. The number of nitrogens with zero attached hydrogens (tertiary/aromatic N) is 2. The number of methoxy groups -OCH3 is 1. The Labute approximate surface area is 219 Å². The average Bonchev–Trinajstić information content (AvgIpc) is 3.32. The predicted molar refractivity (Wildman–Crippen MR) is 146 cm³/mol. The number of ether oxygens (including phenoxy) is 1. The van der Waals surface area contributed by atoms with Crippen LogP contribution in [0.3, 0.4) is 0 Å². The van der Waals surface area contributed by atoms with Gasteiger partial charge in [-0.15, -0.1) is 0 Å². The van der Waals surface area contributed by atoms with Crippen molar-refractivity contribution in [2.45, 2.75) is 70.3 Å². The van der Waals surface area contributed by atoms with Crippen molar-refractivity contribution in [3.05, 3.63) is 52.1 Å². The van der Waals surface area contributed by atoms with Gasteiger partial charge in [-0.25, -0.2) is 5.84 Å². The van der Waals surface area contributed by atoms with Gasteiger partial charge in [-0.3, -0.25) is 9.59 Å². The molecule has 2 unspecified atom stereocenters. The van der Waals surface area contributed by atoms with Crippen LogP contribution in [0.15, 0.2) is 24.3 Å². The van der Waals surface area contributed by atoms with Crippen molar-refractivity contribution in [3.63, 3.8) is 0 Å². The van der Waals surface area contributed by atoms with Crippen LogP contribution in [0.2, 0.25) is 0 Å². The number of hydrogen-bond acceptors (Lipinski definition) is 6. The smallest absolute Gasteiger partial charge is 0.304 e. The van der Waals surface area contributed by atoms with Crippen LogP contribution >= 0.6 is 0 Å². The molecule has 0 bridgehead atoms. The van der Waals surface area contributed by atoms with Crippen molar-refractivity contribution in [3.8, 4) is 5.75 Å². The Balaban J connectivity index is 1.76. The molecule has 2 aromatic carbocycles. The molecule has 37 heavy (non-hydrogen) atoms. The van der Waals surface area contributed by atoms with Gasteiger partial charge in [0.05, 0.1) is 25.3 Å². The van der Waals surface area contributed by atoms with E-state index in [0.29, 0.717) is 17.1 Å². The highest BCUT2D eigenvalue weighted by molar-refractivity contribution is 5.80. The fourth-order valence-electron chi connectivity index (χ4n) is 6.44. The van der Waals surface area contributed by atoms with Crippen LogP contribution in [0.4, 0.5) is 11.4 Å². The van der Waals surface area contributed by atoms with Crippen LogP contribution in [-0.2, 0) is 16.0 Å². The molecule has 2 aliphatic rings. The maximum absolute atomic E-state index is 13.4. The van der Waals surface area contributed by atoms with Crippen molar-refractivity contribution in [2.24, 2.45) is 11.8 Å². The summed E-state index contributed by atoms with van der Waals surface area (Å²) in [5.41, 5.74) is 12.5. The van der Waals surface area contributed by atoms with E-state index >= 15 is 0 Å². The first-order chi connectivity index (χ1) is 17.6. The standard InChI is InChI=1S/C29H40N4O4/c1-17-10-11-20(21-12-13-24(27(17)21)32(2)29(36)18-8-6-5-7-9-18)22(16-26(34)35)19-14-23(30)28(33(3)31)25(15-19)37-4/h10-11,14-15,18,22,24H,5-9,12-13,16,30-31H2,1-4H3,(H,34,35). The second-order valence-corrected chi connectivity index (χ2v) is 10.6. The number of rotatable bonds is 8. The molecule has 1 saturated carbocycles. The summed E-state index contributed by atoms with van der Waals surface area (Å²) in [6.07, 6.45) is 6.95. The Bertz CT molecular complexity index is 1170. The van der Waals surface area contributed by atoms with Crippen molar-refractivity contribution < 1.29 is 19.4 Å². The lowest BCUT2D eigenvalue weighted by Crippen LogP contribution is -2.36. The minimum atomic E-state index is -0.893. The largest absolute Gasteiger partial charge is 0.494 e. The second-order valence-electron chi connectivity index (χ2n) is 10.6. The third-order valence-corrected chi connectivity index (χ3v) is 8.24. The fourth-order valence-corrected chi connectivity index (χ4v) is 6.44. The van der Waals surface area contributed by atoms with Gasteiger partial charge in [0.15, 0.2) is 0 Å². The van der Waals surface area contributed by atoms with E-state index in [1.807, 2.05) is 24.1 Å². The van der Waals surface area contributed by atoms with E-state index in [-0.39, 0.29) is 24.3 Å². The molecule has 0 aromatic heterocycles. The molecule has 0 radical (unpaired) electrons. The van der Waals surface area contributed by atoms with E-state index in [1.54, 1.807) is 20.2 Å². The molecule has 2 aromatic rings. The van der Waals surface area contributed by atoms with Crippen molar-refractivity contribution in [2.75, 3.05) is 31.9 Å². The lowest BCUT2D eigenvalue weighted by molar-refractivity contribution is -0.138. The molecule has 5 N–H and O–H groups in total. The number of amides is 1. The van der Waals surface area contributed by atoms with E-state index in [1.165, 1.54) is 11.4 Å². The highest BCUT2D eigenvalue weighted by Crippen LogP contribution is 2.45. The summed E-state index contributed by atoms with van der Waals surface area (Å²) in [7, 11) is 5.16. The first-order valence-electron chi connectivity index (χ1n) is 13.2. The summed E-state index contributed by atoms with van der Waals surface area (Å²) < 4.78 is 5.57. The van der Waals surface area contributed by atoms with E-state index in [2.05, 4.69) is 13.0 Å². The lowest BCUT2D eigenvalue weighted by Gasteiger charge is -2.32. The molecule has 0 heterocycles. The summed E-state index contributed by atoms with van der Waals surface area (Å²) in [5, 5.41) is 11.3. The minimum absolute atomic E-state index is 0.00252. The zero-order chi connectivity index (χ0) is 26.9. The van der Waals surface area contributed by atoms with Crippen LogP contribution in [0.5, 0.6) is 5.75 Å². The monoisotopic (exact) mass is 508 g/mol. The number of carbonyl (C=O) groups is 2. The summed E-state index contributed by atoms with van der Waals surface area (Å²) in [5.74, 6) is 5.50. The third kappa shape index (κ3) is 5.25. The number of aryl methyl sites for hydroxylation is 1. The van der Waals surface area contributed by atoms with Crippen molar-refractivity contribution in [1.29, 1.82) is 0 Å². The first kappa shape index (κ1) is 26.8. The summed E-state index contributed by atoms with van der Waals surface area (Å²) in [6, 6.07) is 7.73. The van der Waals surface area contributed by atoms with Crippen LogP contribution in [0.1, 0.15) is 84.7 Å². The molecule has 4 rings (SSSR count). The first-order valence-corrected chi connectivity index (χ1v) is 13.2. The Morgan fingerprint density at radius 2 is 1.84 bits per heavy atom. The number of carboxylic acids is 1. The highest BCUT2D eigenvalue weighted by atomic mass is 16.5. The maximum Gasteiger partial charge on any atom is 0.304 e. The molecule has 1 amide bonds. The molecular formula is C29H40N4O4. The SMILES string of the molecule is COc1cc(C(CC(=O)O)c2ccc(C)c3c2CCC3N(C)C(=O)C2CCCCC2)cc(N)c1N(C)N. The average molecular weight is 509 g/mol. The minimum Gasteiger partial charge on any atom is -0.494 e. The van der Waals surface area contributed by atoms with Gasteiger partial charge in [-0.05, 0) is 72.6 Å². The number of aliphatic carboxylic acids is 1. The van der Waals surface area contributed by atoms with Gasteiger partial charge in [0, 0.05) is 25.9 Å². The highest BCUT2D eigenvalue weighted by Gasteiger charge is 2.36. The zero-order valence-electron chi connectivity index (χ0n) is 22.4. The number of anilines is 2. The van der Waals surface area contributed by atoms with Gasteiger partial charge in [0.2, 0.25) is 5.91 Å². The number of fused-ring (bicyclic) bond motifs is 1. The number of benzene rings is 2. The zero-order valence-corrected chi connectivity index (χ0v) is 22.4. The number of nitrogens with two attached hydrogens (primary N) is 2. The molecule has 2 atom stereocenters. The fraction of sp³-hybridized carbons (Fsp3) is 0.517. The number of carboxylic acid groups (broad SMARTS) is 1. The van der Waals surface area contributed by atoms with E-state index in [9.17, 15) is 14.7 Å². The Morgan fingerprint density at radius 3 is 2.46 bits per heavy atom. The molecule has 200 valence electrons. The van der Waals surface area contributed by atoms with Gasteiger partial charge in [0.1, 0.15) is 11.4 Å². The van der Waals surface area contributed by atoms with Crippen molar-refractivity contribution in [1.82, 2.24) is 4.90 Å². The Kier molecular flexibility index (Phi) is 7.97. The van der Waals surface area contributed by atoms with Gasteiger partial charge in [-0.2, -0.15) is 0 Å². The molecule has 8 heteroatoms. The molecule has 0 spiro atoms. The second kappa shape index (κ2) is 11.0. The van der Waals surface area contributed by atoms with Crippen LogP contribution < -0.4 is 21.3 Å². The van der Waals surface area contributed by atoms with Crippen molar-refractivity contribution >= 4 is 23.3 Å².